The smallest absolute Gasteiger partial charge is 0.120 e. The van der Waals surface area contributed by atoms with Gasteiger partial charge in [-0.15, -0.1) is 0 Å². The predicted molar refractivity (Wildman–Crippen MR) is 62.7 cm³/mol. The van der Waals surface area contributed by atoms with Crippen LogP contribution in [0.3, 0.4) is 0 Å². The Hall–Kier alpha value is -0.410. The van der Waals surface area contributed by atoms with Gasteiger partial charge < -0.3 is 9.73 Å². The van der Waals surface area contributed by atoms with Gasteiger partial charge in [0, 0.05) is 11.8 Å². The van der Waals surface area contributed by atoms with Crippen LogP contribution in [0.25, 0.3) is 0 Å². The molecule has 0 spiro atoms. The fourth-order valence-corrected chi connectivity index (χ4v) is 1.91. The van der Waals surface area contributed by atoms with Crippen LogP contribution in [0.2, 0.25) is 0 Å². The van der Waals surface area contributed by atoms with E-state index in [1.54, 1.807) is 6.26 Å². The van der Waals surface area contributed by atoms with E-state index in [2.05, 4.69) is 26.1 Å². The molecule has 0 bridgehead atoms. The molecule has 80 valence electrons. The van der Waals surface area contributed by atoms with Crippen LogP contribution in [-0.2, 0) is 6.54 Å². The Kier molecular flexibility index (Phi) is 5.12. The van der Waals surface area contributed by atoms with Crippen LogP contribution in [0.4, 0.5) is 0 Å². The number of furan rings is 1. The highest BCUT2D eigenvalue weighted by Gasteiger charge is 2.04. The topological polar surface area (TPSA) is 25.2 Å². The van der Waals surface area contributed by atoms with Gasteiger partial charge in [0.1, 0.15) is 5.76 Å². The third kappa shape index (κ3) is 3.76. The minimum absolute atomic E-state index is 0.546. The molecule has 0 fully saturated rings. The molecule has 2 nitrogen and oxygen atoms in total. The molecule has 14 heavy (non-hydrogen) atoms. The maximum atomic E-state index is 5.35. The quantitative estimate of drug-likeness (QED) is 0.786. The molecule has 0 aliphatic rings. The fraction of sp³-hybridized carbons (Fsp3) is 0.636. The maximum Gasteiger partial charge on any atom is 0.120 e. The van der Waals surface area contributed by atoms with E-state index in [1.807, 2.05) is 17.8 Å². The first-order valence-corrected chi connectivity index (χ1v) is 6.23. The van der Waals surface area contributed by atoms with E-state index in [-0.39, 0.29) is 0 Å². The second-order valence-electron chi connectivity index (χ2n) is 3.47. The predicted octanol–water partition coefficient (Wildman–Crippen LogP) is 2.82. The summed E-state index contributed by atoms with van der Waals surface area (Å²) in [6.07, 6.45) is 1.75. The summed E-state index contributed by atoms with van der Waals surface area (Å²) in [6.45, 7) is 7.31. The minimum atomic E-state index is 0.546. The van der Waals surface area contributed by atoms with Gasteiger partial charge in [-0.1, -0.05) is 6.92 Å². The van der Waals surface area contributed by atoms with Crippen molar-refractivity contribution >= 4 is 11.8 Å². The molecule has 3 heteroatoms. The zero-order valence-corrected chi connectivity index (χ0v) is 9.99. The highest BCUT2D eigenvalue weighted by molar-refractivity contribution is 7.99. The number of nitrogens with one attached hydrogen (secondary N) is 1. The Morgan fingerprint density at radius 3 is 2.93 bits per heavy atom. The lowest BCUT2D eigenvalue weighted by atomic mass is 10.2. The highest BCUT2D eigenvalue weighted by Crippen LogP contribution is 2.09. The van der Waals surface area contributed by atoms with Crippen LogP contribution >= 0.6 is 11.8 Å². The average Bonchev–Trinajstić information content (AvgIpc) is 2.58. The monoisotopic (exact) mass is 213 g/mol. The number of thioether (sulfide) groups is 1. The molecule has 0 radical (unpaired) electrons. The van der Waals surface area contributed by atoms with Crippen LogP contribution in [0.5, 0.6) is 0 Å². The van der Waals surface area contributed by atoms with Crippen LogP contribution in [-0.4, -0.2) is 17.5 Å². The van der Waals surface area contributed by atoms with Gasteiger partial charge in [-0.25, -0.2) is 0 Å². The van der Waals surface area contributed by atoms with E-state index in [9.17, 15) is 0 Å². The normalized spacial score (nSPS) is 13.1. The van der Waals surface area contributed by atoms with Crippen LogP contribution in [0, 0.1) is 6.92 Å². The molecule has 0 saturated heterocycles. The summed E-state index contributed by atoms with van der Waals surface area (Å²) in [5.74, 6) is 3.40. The summed E-state index contributed by atoms with van der Waals surface area (Å²) in [5.41, 5.74) is 1.23. The molecule has 1 heterocycles. The average molecular weight is 213 g/mol. The molecular formula is C11H19NOS. The zero-order valence-electron chi connectivity index (χ0n) is 9.17. The summed E-state index contributed by atoms with van der Waals surface area (Å²) in [7, 11) is 0. The SMILES string of the molecule is CCSCC(C)NCc1occc1C. The van der Waals surface area contributed by atoms with E-state index in [1.165, 1.54) is 11.3 Å². The Morgan fingerprint density at radius 1 is 1.57 bits per heavy atom. The van der Waals surface area contributed by atoms with Crippen molar-refractivity contribution in [3.63, 3.8) is 0 Å². The second-order valence-corrected chi connectivity index (χ2v) is 4.79. The van der Waals surface area contributed by atoms with Crippen molar-refractivity contribution in [2.45, 2.75) is 33.4 Å². The highest BCUT2D eigenvalue weighted by atomic mass is 32.2. The van der Waals surface area contributed by atoms with Crippen molar-refractivity contribution in [1.82, 2.24) is 5.32 Å². The third-order valence-corrected chi connectivity index (χ3v) is 3.30. The molecule has 0 aliphatic carbocycles. The molecular weight excluding hydrogens is 194 g/mol. The van der Waals surface area contributed by atoms with Gasteiger partial charge in [0.25, 0.3) is 0 Å². The van der Waals surface area contributed by atoms with Crippen LogP contribution < -0.4 is 5.32 Å². The molecule has 1 aromatic rings. The first-order valence-electron chi connectivity index (χ1n) is 5.08. The van der Waals surface area contributed by atoms with Crippen LogP contribution in [0.1, 0.15) is 25.2 Å². The maximum absolute atomic E-state index is 5.35. The van der Waals surface area contributed by atoms with E-state index in [0.717, 1.165) is 18.1 Å². The summed E-state index contributed by atoms with van der Waals surface area (Å²) in [4.78, 5) is 0. The molecule has 1 aromatic heterocycles. The van der Waals surface area contributed by atoms with Crippen molar-refractivity contribution in [3.05, 3.63) is 23.7 Å². The van der Waals surface area contributed by atoms with Gasteiger partial charge in [0.2, 0.25) is 0 Å². The first kappa shape index (κ1) is 11.7. The lowest BCUT2D eigenvalue weighted by Gasteiger charge is -2.11. The fourth-order valence-electron chi connectivity index (χ4n) is 1.21. The number of rotatable bonds is 6. The number of aryl methyl sites for hydroxylation is 1. The van der Waals surface area contributed by atoms with Crippen LogP contribution in [0.15, 0.2) is 16.7 Å². The molecule has 1 rings (SSSR count). The van der Waals surface area contributed by atoms with Gasteiger partial charge in [0.05, 0.1) is 12.8 Å². The van der Waals surface area contributed by atoms with E-state index in [0.29, 0.717) is 6.04 Å². The van der Waals surface area contributed by atoms with E-state index >= 15 is 0 Å². The Bertz CT molecular complexity index is 260. The Labute approximate surface area is 90.5 Å². The summed E-state index contributed by atoms with van der Waals surface area (Å²) in [5, 5.41) is 3.45. The molecule has 0 aromatic carbocycles. The Morgan fingerprint density at radius 2 is 2.36 bits per heavy atom. The molecule has 0 saturated carbocycles. The van der Waals surface area contributed by atoms with Crippen molar-refractivity contribution in [1.29, 1.82) is 0 Å². The van der Waals surface area contributed by atoms with Gasteiger partial charge in [-0.3, -0.25) is 0 Å². The number of hydrogen-bond acceptors (Lipinski definition) is 3. The first-order chi connectivity index (χ1) is 6.74. The van der Waals surface area contributed by atoms with Crippen molar-refractivity contribution in [2.75, 3.05) is 11.5 Å². The Balaban J connectivity index is 2.23. The molecule has 1 atom stereocenters. The van der Waals surface area contributed by atoms with Gasteiger partial charge in [0.15, 0.2) is 0 Å². The van der Waals surface area contributed by atoms with Crippen molar-refractivity contribution < 1.29 is 4.42 Å². The van der Waals surface area contributed by atoms with Gasteiger partial charge >= 0.3 is 0 Å². The van der Waals surface area contributed by atoms with Gasteiger partial charge in [-0.05, 0) is 31.2 Å². The summed E-state index contributed by atoms with van der Waals surface area (Å²) >= 11 is 1.96. The lowest BCUT2D eigenvalue weighted by molar-refractivity contribution is 0.464. The van der Waals surface area contributed by atoms with Crippen molar-refractivity contribution in [2.24, 2.45) is 0 Å². The summed E-state index contributed by atoms with van der Waals surface area (Å²) < 4.78 is 5.35. The lowest BCUT2D eigenvalue weighted by Crippen LogP contribution is -2.27. The largest absolute Gasteiger partial charge is 0.468 e. The minimum Gasteiger partial charge on any atom is -0.468 e. The van der Waals surface area contributed by atoms with E-state index in [4.69, 9.17) is 4.42 Å². The van der Waals surface area contributed by atoms with E-state index < -0.39 is 0 Å². The summed E-state index contributed by atoms with van der Waals surface area (Å²) in [6, 6.07) is 2.55. The molecule has 0 amide bonds. The molecule has 1 unspecified atom stereocenters. The standard InChI is InChI=1S/C11H19NOS/c1-4-14-8-10(3)12-7-11-9(2)5-6-13-11/h5-6,10,12H,4,7-8H2,1-3H3. The third-order valence-electron chi connectivity index (χ3n) is 2.15. The zero-order chi connectivity index (χ0) is 10.4. The number of hydrogen-bond donors (Lipinski definition) is 1. The molecule has 0 aliphatic heterocycles. The van der Waals surface area contributed by atoms with Gasteiger partial charge in [-0.2, -0.15) is 11.8 Å². The second kappa shape index (κ2) is 6.14. The molecule has 1 N–H and O–H groups in total. The van der Waals surface area contributed by atoms with Crippen molar-refractivity contribution in [3.8, 4) is 0 Å².